The second kappa shape index (κ2) is 8.75. The molecule has 28 heavy (non-hydrogen) atoms. The van der Waals surface area contributed by atoms with E-state index in [1.165, 1.54) is 18.3 Å². The summed E-state index contributed by atoms with van der Waals surface area (Å²) in [5.41, 5.74) is 0.660. The molecule has 1 fully saturated rings. The molecule has 0 saturated carbocycles. The number of anilines is 1. The van der Waals surface area contributed by atoms with Gasteiger partial charge in [-0.3, -0.25) is 19.8 Å². The van der Waals surface area contributed by atoms with Crippen LogP contribution in [0.25, 0.3) is 0 Å². The largest absolute Gasteiger partial charge is 0.354 e. The van der Waals surface area contributed by atoms with Gasteiger partial charge in [0.15, 0.2) is 0 Å². The molecule has 1 N–H and O–H groups in total. The first kappa shape index (κ1) is 19.7. The lowest BCUT2D eigenvalue weighted by atomic mass is 10.2. The van der Waals surface area contributed by atoms with Crippen molar-refractivity contribution in [1.82, 2.24) is 15.2 Å². The fraction of sp³-hybridized carbons (Fsp3) is 0.368. The first-order chi connectivity index (χ1) is 13.5. The molecule has 0 unspecified atom stereocenters. The topological polar surface area (TPSA) is 91.6 Å². The number of rotatable bonds is 6. The number of piperazine rings is 1. The number of nitrogens with one attached hydrogen (secondary N) is 1. The zero-order valence-electron chi connectivity index (χ0n) is 15.6. The molecule has 1 amide bonds. The van der Waals surface area contributed by atoms with Crippen molar-refractivity contribution >= 4 is 17.4 Å². The summed E-state index contributed by atoms with van der Waals surface area (Å²) in [6.07, 6.45) is 1.30. The predicted molar refractivity (Wildman–Crippen MR) is 103 cm³/mol. The van der Waals surface area contributed by atoms with Crippen LogP contribution < -0.4 is 10.2 Å². The molecule has 0 spiro atoms. The smallest absolute Gasteiger partial charge is 0.290 e. The van der Waals surface area contributed by atoms with Crippen LogP contribution in [0.15, 0.2) is 36.5 Å². The Labute approximate surface area is 162 Å². The fourth-order valence-corrected chi connectivity index (χ4v) is 3.17. The van der Waals surface area contributed by atoms with Gasteiger partial charge >= 0.3 is 0 Å². The molecule has 1 aliphatic rings. The van der Waals surface area contributed by atoms with Gasteiger partial charge in [0.2, 0.25) is 0 Å². The number of aryl methyl sites for hydroxylation is 1. The zero-order chi connectivity index (χ0) is 20.1. The van der Waals surface area contributed by atoms with Crippen LogP contribution in [0.4, 0.5) is 15.9 Å². The second-order valence-electron chi connectivity index (χ2n) is 6.65. The number of halogens is 1. The van der Waals surface area contributed by atoms with E-state index in [2.05, 4.69) is 20.1 Å². The van der Waals surface area contributed by atoms with E-state index in [1.54, 1.807) is 25.1 Å². The summed E-state index contributed by atoms with van der Waals surface area (Å²) in [7, 11) is 0. The van der Waals surface area contributed by atoms with E-state index in [1.807, 2.05) is 0 Å². The molecule has 2 heterocycles. The standard InChI is InChI=1S/C19H22FN5O3/c1-14-12-18(22-13-17(14)25(27)28)24-10-8-23(9-11-24)7-6-21-19(26)15-4-2-3-5-16(15)20/h2-5,12-13H,6-11H2,1H3,(H,21,26). The minimum absolute atomic E-state index is 0.0213. The maximum atomic E-state index is 13.6. The maximum Gasteiger partial charge on any atom is 0.290 e. The Morgan fingerprint density at radius 3 is 2.64 bits per heavy atom. The highest BCUT2D eigenvalue weighted by molar-refractivity contribution is 5.94. The summed E-state index contributed by atoms with van der Waals surface area (Å²) in [5.74, 6) is -0.211. The number of hydrogen-bond acceptors (Lipinski definition) is 6. The summed E-state index contributed by atoms with van der Waals surface area (Å²) in [5, 5.41) is 13.6. The molecule has 148 valence electrons. The molecule has 2 aromatic rings. The third kappa shape index (κ3) is 4.61. The minimum atomic E-state index is -0.528. The van der Waals surface area contributed by atoms with E-state index < -0.39 is 16.6 Å². The first-order valence-corrected chi connectivity index (χ1v) is 9.07. The molecule has 1 aliphatic heterocycles. The van der Waals surface area contributed by atoms with Crippen LogP contribution in [0, 0.1) is 22.9 Å². The van der Waals surface area contributed by atoms with Crippen molar-refractivity contribution < 1.29 is 14.1 Å². The van der Waals surface area contributed by atoms with Crippen LogP contribution in [0.1, 0.15) is 15.9 Å². The van der Waals surface area contributed by atoms with E-state index in [-0.39, 0.29) is 11.3 Å². The molecular formula is C19H22FN5O3. The Hall–Kier alpha value is -3.07. The second-order valence-corrected chi connectivity index (χ2v) is 6.65. The van der Waals surface area contributed by atoms with Crippen LogP contribution in [-0.2, 0) is 0 Å². The van der Waals surface area contributed by atoms with Crippen molar-refractivity contribution in [2.24, 2.45) is 0 Å². The molecular weight excluding hydrogens is 365 g/mol. The number of pyridine rings is 1. The van der Waals surface area contributed by atoms with Gasteiger partial charge in [0, 0.05) is 44.8 Å². The van der Waals surface area contributed by atoms with Gasteiger partial charge < -0.3 is 10.2 Å². The van der Waals surface area contributed by atoms with Crippen molar-refractivity contribution in [3.05, 3.63) is 63.6 Å². The Bertz CT molecular complexity index is 868. The van der Waals surface area contributed by atoms with Crippen molar-refractivity contribution in [3.63, 3.8) is 0 Å². The fourth-order valence-electron chi connectivity index (χ4n) is 3.17. The number of carbonyl (C=O) groups excluding carboxylic acids is 1. The lowest BCUT2D eigenvalue weighted by Gasteiger charge is -2.35. The Balaban J connectivity index is 1.46. The van der Waals surface area contributed by atoms with Crippen LogP contribution in [0.5, 0.6) is 0 Å². The monoisotopic (exact) mass is 387 g/mol. The number of amides is 1. The average Bonchev–Trinajstić information content (AvgIpc) is 2.68. The number of carbonyl (C=O) groups is 1. The number of nitro groups is 1. The zero-order valence-corrected chi connectivity index (χ0v) is 15.6. The van der Waals surface area contributed by atoms with Gasteiger partial charge in [-0.1, -0.05) is 12.1 Å². The van der Waals surface area contributed by atoms with E-state index in [9.17, 15) is 19.3 Å². The molecule has 1 aromatic carbocycles. The highest BCUT2D eigenvalue weighted by atomic mass is 19.1. The Morgan fingerprint density at radius 2 is 2.00 bits per heavy atom. The van der Waals surface area contributed by atoms with Gasteiger partial charge in [-0.05, 0) is 25.1 Å². The summed E-state index contributed by atoms with van der Waals surface area (Å²) < 4.78 is 13.6. The molecule has 0 bridgehead atoms. The first-order valence-electron chi connectivity index (χ1n) is 9.07. The van der Waals surface area contributed by atoms with Gasteiger partial charge in [-0.15, -0.1) is 0 Å². The predicted octanol–water partition coefficient (Wildman–Crippen LogP) is 1.99. The molecule has 0 atom stereocenters. The van der Waals surface area contributed by atoms with Crippen LogP contribution in [0.3, 0.4) is 0 Å². The van der Waals surface area contributed by atoms with Crippen LogP contribution in [0.2, 0.25) is 0 Å². The van der Waals surface area contributed by atoms with Crippen molar-refractivity contribution in [2.75, 3.05) is 44.2 Å². The summed E-state index contributed by atoms with van der Waals surface area (Å²) in [4.78, 5) is 31.0. The van der Waals surface area contributed by atoms with Gasteiger partial charge in [0.1, 0.15) is 17.8 Å². The van der Waals surface area contributed by atoms with Crippen LogP contribution >= 0.6 is 0 Å². The van der Waals surface area contributed by atoms with Crippen molar-refractivity contribution in [3.8, 4) is 0 Å². The van der Waals surface area contributed by atoms with E-state index in [0.717, 1.165) is 32.0 Å². The summed E-state index contributed by atoms with van der Waals surface area (Å²) in [6.45, 7) is 5.86. The lowest BCUT2D eigenvalue weighted by molar-refractivity contribution is -0.385. The molecule has 9 heteroatoms. The van der Waals surface area contributed by atoms with Gasteiger partial charge in [-0.25, -0.2) is 9.37 Å². The molecule has 0 radical (unpaired) electrons. The van der Waals surface area contributed by atoms with Crippen molar-refractivity contribution in [2.45, 2.75) is 6.92 Å². The molecule has 0 aliphatic carbocycles. The third-order valence-electron chi connectivity index (χ3n) is 4.79. The van der Waals surface area contributed by atoms with E-state index in [0.29, 0.717) is 18.7 Å². The summed E-state index contributed by atoms with van der Waals surface area (Å²) >= 11 is 0. The Morgan fingerprint density at radius 1 is 1.29 bits per heavy atom. The number of hydrogen-bond donors (Lipinski definition) is 1. The number of aromatic nitrogens is 1. The molecule has 1 aromatic heterocycles. The molecule has 3 rings (SSSR count). The van der Waals surface area contributed by atoms with Crippen molar-refractivity contribution in [1.29, 1.82) is 0 Å². The Kier molecular flexibility index (Phi) is 6.15. The van der Waals surface area contributed by atoms with Gasteiger partial charge in [0.05, 0.1) is 10.5 Å². The van der Waals surface area contributed by atoms with Crippen LogP contribution in [-0.4, -0.2) is 60.0 Å². The van der Waals surface area contributed by atoms with Gasteiger partial charge in [0.25, 0.3) is 11.6 Å². The molecule has 1 saturated heterocycles. The van der Waals surface area contributed by atoms with Gasteiger partial charge in [-0.2, -0.15) is 0 Å². The highest BCUT2D eigenvalue weighted by Gasteiger charge is 2.20. The van der Waals surface area contributed by atoms with E-state index in [4.69, 9.17) is 0 Å². The lowest BCUT2D eigenvalue weighted by Crippen LogP contribution is -2.48. The quantitative estimate of drug-likeness (QED) is 0.602. The summed E-state index contributed by atoms with van der Waals surface area (Å²) in [6, 6.07) is 7.64. The normalized spacial score (nSPS) is 14.7. The molecule has 8 nitrogen and oxygen atoms in total. The highest BCUT2D eigenvalue weighted by Crippen LogP contribution is 2.22. The average molecular weight is 387 g/mol. The minimum Gasteiger partial charge on any atom is -0.354 e. The third-order valence-corrected chi connectivity index (χ3v) is 4.79. The van der Waals surface area contributed by atoms with E-state index >= 15 is 0 Å². The SMILES string of the molecule is Cc1cc(N2CCN(CCNC(=O)c3ccccc3F)CC2)ncc1[N+](=O)[O-]. The maximum absolute atomic E-state index is 13.6. The number of benzene rings is 1. The number of nitrogens with zero attached hydrogens (tertiary/aromatic N) is 4.